The number of carbonyl (C=O) groups is 15. The number of rotatable bonds is 33. The van der Waals surface area contributed by atoms with Crippen molar-refractivity contribution in [1.82, 2.24) is 68.3 Å². The Morgan fingerprint density at radius 3 is 1.59 bits per heavy atom. The zero-order chi connectivity index (χ0) is 82.0. The van der Waals surface area contributed by atoms with Crippen LogP contribution in [0.15, 0.2) is 54.6 Å². The molecule has 0 radical (unpaired) electrons. The molecule has 3 unspecified atom stereocenters. The number of benzene rings is 2. The second-order valence-corrected chi connectivity index (χ2v) is 29.5. The number of nitrogens with zero attached hydrogens (tertiary/aromatic N) is 2. The zero-order valence-electron chi connectivity index (χ0n) is 64.4. The highest BCUT2D eigenvalue weighted by molar-refractivity contribution is 7.98. The maximum atomic E-state index is 15.4. The van der Waals surface area contributed by atoms with Crippen LogP contribution >= 0.6 is 11.8 Å². The van der Waals surface area contributed by atoms with Crippen molar-refractivity contribution >= 4 is 100 Å². The molecule has 1 aliphatic rings. The SMILES string of the molecule is CSCCC1NC(=O)[C@H](CCCCN)NC(=O)C(CCC(=O)O)NC(=O)[C@H](CCCCN)NC(=O)CN(C(=O)[C@H](Cc2ccccc2)NC(=O)[C@H](CC(C)C)NC(=O)[C@H](CO)NC(=O)[C@@H](N)Cc2ccc(O)cc2)CCNC(=O)CCCCC(=O)NCCN(CC(N)=O)C(=O)[C@H](CC(C)C)NC(=O)C(C(C)C)NC1=O. The number of phenols is 1. The van der Waals surface area contributed by atoms with Gasteiger partial charge in [-0.05, 0) is 150 Å². The van der Waals surface area contributed by atoms with E-state index in [1.807, 2.05) is 0 Å². The minimum absolute atomic E-state index is 0.00380. The van der Waals surface area contributed by atoms with E-state index in [0.717, 1.165) is 9.80 Å². The third kappa shape index (κ3) is 36.3. The molecule has 22 N–H and O–H groups in total. The summed E-state index contributed by atoms with van der Waals surface area (Å²) in [5.74, 6) is -14.0. The van der Waals surface area contributed by atoms with Gasteiger partial charge in [0.05, 0.1) is 25.7 Å². The number of aromatic hydroxyl groups is 1. The van der Waals surface area contributed by atoms with Crippen molar-refractivity contribution in [3.63, 3.8) is 0 Å². The smallest absolute Gasteiger partial charge is 0.303 e. The summed E-state index contributed by atoms with van der Waals surface area (Å²) in [7, 11) is 0. The van der Waals surface area contributed by atoms with Crippen molar-refractivity contribution in [2.75, 3.05) is 71.0 Å². The van der Waals surface area contributed by atoms with Crippen molar-refractivity contribution in [1.29, 1.82) is 0 Å². The predicted molar refractivity (Wildman–Crippen MR) is 411 cm³/mol. The maximum Gasteiger partial charge on any atom is 0.303 e. The second kappa shape index (κ2) is 51.0. The number of nitrogens with two attached hydrogens (primary N) is 4. The molecule has 0 spiro atoms. The largest absolute Gasteiger partial charge is 0.508 e. The summed E-state index contributed by atoms with van der Waals surface area (Å²) in [5, 5.41) is 59.1. The molecule has 110 heavy (non-hydrogen) atoms. The van der Waals surface area contributed by atoms with E-state index in [2.05, 4.69) is 58.5 Å². The van der Waals surface area contributed by atoms with Gasteiger partial charge in [-0.1, -0.05) is 84.0 Å². The van der Waals surface area contributed by atoms with Crippen LogP contribution in [-0.4, -0.2) is 245 Å². The third-order valence-corrected chi connectivity index (χ3v) is 18.5. The first-order chi connectivity index (χ1) is 52.2. The van der Waals surface area contributed by atoms with Crippen LogP contribution in [0.1, 0.15) is 149 Å². The van der Waals surface area contributed by atoms with E-state index in [-0.39, 0.29) is 134 Å². The fourth-order valence-corrected chi connectivity index (χ4v) is 12.3. The fourth-order valence-electron chi connectivity index (χ4n) is 11.9. The lowest BCUT2D eigenvalue weighted by atomic mass is 9.99. The van der Waals surface area contributed by atoms with E-state index in [4.69, 9.17) is 22.9 Å². The Hall–Kier alpha value is -9.52. The molecule has 2 aromatic rings. The highest BCUT2D eigenvalue weighted by Crippen LogP contribution is 2.17. The van der Waals surface area contributed by atoms with Gasteiger partial charge in [0, 0.05) is 51.9 Å². The van der Waals surface area contributed by atoms with Gasteiger partial charge in [-0.2, -0.15) is 11.8 Å². The number of hydrogen-bond acceptors (Lipinski definition) is 21. The highest BCUT2D eigenvalue weighted by atomic mass is 32.2. The Morgan fingerprint density at radius 1 is 0.573 bits per heavy atom. The number of unbranched alkanes of at least 4 members (excludes halogenated alkanes) is 2. The molecule has 0 bridgehead atoms. The Labute approximate surface area is 647 Å². The Balaban J connectivity index is 2.20. The number of amides is 14. The molecule has 0 aromatic heterocycles. The van der Waals surface area contributed by atoms with E-state index in [9.17, 15) is 82.4 Å². The first-order valence-electron chi connectivity index (χ1n) is 37.6. The van der Waals surface area contributed by atoms with Gasteiger partial charge < -0.3 is 107 Å². The number of carbonyl (C=O) groups excluding carboxylic acids is 14. The summed E-state index contributed by atoms with van der Waals surface area (Å²) in [4.78, 5) is 213. The molecule has 0 saturated carbocycles. The molecule has 1 heterocycles. The number of carboxylic acid groups (broad SMARTS) is 1. The summed E-state index contributed by atoms with van der Waals surface area (Å²) >= 11 is 1.34. The third-order valence-electron chi connectivity index (χ3n) is 17.8. The Kier molecular flexibility index (Phi) is 43.9. The quantitative estimate of drug-likeness (QED) is 0.0327. The molecular formula is C74H119N17O18S. The monoisotopic (exact) mass is 1570 g/mol. The second-order valence-electron chi connectivity index (χ2n) is 28.6. The molecule has 1 aliphatic heterocycles. The molecular weight excluding hydrogens is 1450 g/mol. The lowest BCUT2D eigenvalue weighted by molar-refractivity contribution is -0.141. The van der Waals surface area contributed by atoms with Crippen LogP contribution in [0, 0.1) is 17.8 Å². The lowest BCUT2D eigenvalue weighted by Crippen LogP contribution is -2.61. The first-order valence-corrected chi connectivity index (χ1v) is 39.0. The van der Waals surface area contributed by atoms with Gasteiger partial charge >= 0.3 is 5.97 Å². The van der Waals surface area contributed by atoms with Gasteiger partial charge in [0.2, 0.25) is 82.7 Å². The number of aliphatic hydroxyl groups excluding tert-OH is 1. The van der Waals surface area contributed by atoms with Crippen LogP contribution in [0.2, 0.25) is 0 Å². The Bertz CT molecular complexity index is 3340. The van der Waals surface area contributed by atoms with Crippen LogP contribution in [0.25, 0.3) is 0 Å². The average Bonchev–Trinajstić information content (AvgIpc) is 0.852. The summed E-state index contributed by atoms with van der Waals surface area (Å²) in [6.07, 6.45) is 1.33. The summed E-state index contributed by atoms with van der Waals surface area (Å²) in [6, 6.07) is -0.125. The molecule has 3 rings (SSSR count). The number of carboxylic acids is 1. The van der Waals surface area contributed by atoms with Crippen molar-refractivity contribution in [3.8, 4) is 5.75 Å². The van der Waals surface area contributed by atoms with Crippen molar-refractivity contribution in [3.05, 3.63) is 65.7 Å². The van der Waals surface area contributed by atoms with E-state index in [1.165, 1.54) is 23.9 Å². The van der Waals surface area contributed by atoms with Crippen molar-refractivity contribution in [2.24, 2.45) is 40.7 Å². The number of hydrogen-bond donors (Lipinski definition) is 18. The maximum absolute atomic E-state index is 15.4. The number of aliphatic hydroxyl groups is 1. The number of nitrogens with one attached hydrogen (secondary N) is 11. The normalized spacial score (nSPS) is 20.4. The van der Waals surface area contributed by atoms with Gasteiger partial charge in [0.1, 0.15) is 60.1 Å². The van der Waals surface area contributed by atoms with Gasteiger partial charge in [-0.3, -0.25) is 71.9 Å². The van der Waals surface area contributed by atoms with Crippen molar-refractivity contribution in [2.45, 2.75) is 211 Å². The number of phenolic OH excluding ortho intramolecular Hbond substituents is 1. The first kappa shape index (κ1) is 94.7. The van der Waals surface area contributed by atoms with Crippen LogP contribution < -0.4 is 81.4 Å². The summed E-state index contributed by atoms with van der Waals surface area (Å²) < 4.78 is 0. The molecule has 1 saturated heterocycles. The molecule has 1 fully saturated rings. The molecule has 10 atom stereocenters. The molecule has 35 nitrogen and oxygen atoms in total. The summed E-state index contributed by atoms with van der Waals surface area (Å²) in [6.45, 7) is 7.16. The van der Waals surface area contributed by atoms with Gasteiger partial charge in [0.15, 0.2) is 0 Å². The van der Waals surface area contributed by atoms with Gasteiger partial charge in [-0.25, -0.2) is 0 Å². The fraction of sp³-hybridized carbons (Fsp3) is 0.635. The van der Waals surface area contributed by atoms with E-state index in [0.29, 0.717) is 29.7 Å². The summed E-state index contributed by atoms with van der Waals surface area (Å²) in [5.41, 5.74) is 24.6. The highest BCUT2D eigenvalue weighted by Gasteiger charge is 2.38. The van der Waals surface area contributed by atoms with Crippen LogP contribution in [-0.2, 0) is 84.8 Å². The number of primary amides is 1. The van der Waals surface area contributed by atoms with E-state index in [1.54, 1.807) is 90.3 Å². The van der Waals surface area contributed by atoms with Gasteiger partial charge in [-0.15, -0.1) is 0 Å². The van der Waals surface area contributed by atoms with Crippen LogP contribution in [0.5, 0.6) is 5.75 Å². The Morgan fingerprint density at radius 2 is 1.07 bits per heavy atom. The molecule has 36 heteroatoms. The van der Waals surface area contributed by atoms with E-state index >= 15 is 4.79 Å². The average molecular weight is 1570 g/mol. The molecule has 614 valence electrons. The standard InChI is InChI=1S/C74H119N17O18S/c1-44(2)37-55(85-71(106)58(43-92)88-65(100)50(77)39-48-23-25-49(93)26-24-48)70(105)86-57(40-47-17-9-8-10-18-47)74(109)91-35-33-80-61(96)22-12-11-21-60(95)79-32-34-90(41-59(78)94)73(108)56(38-45(3)4)87-72(107)64(46(5)6)89-69(104)54(29-36-110-7)84-67(102)52(20-14-16-31-76)82-68(103)53(27-28-63(98)99)83-66(101)51(19-13-15-30-75)81-62(97)42-91/h8-10,17-18,23-26,44-46,50-58,64,92-93H,11-16,19-22,27-43,75-77H2,1-7H3,(H2,78,94)(H,79,95)(H,80,96)(H,81,97)(H,82,103)(H,83,101)(H,84,102)(H,85,106)(H,86,105)(H,87,107)(H,88,100)(H,89,104)(H,98,99)/t50-,51-,52-,53?,54?,55-,56-,57-,58-,64?/m0/s1. The zero-order valence-corrected chi connectivity index (χ0v) is 65.2. The van der Waals surface area contributed by atoms with Gasteiger partial charge in [0.25, 0.3) is 0 Å². The number of aliphatic carboxylic acids is 1. The van der Waals surface area contributed by atoms with Crippen molar-refractivity contribution < 1.29 is 87.2 Å². The molecule has 14 amide bonds. The topological polar surface area (TPSA) is 560 Å². The lowest BCUT2D eigenvalue weighted by Gasteiger charge is -2.31. The number of thioether (sulfide) groups is 1. The van der Waals surface area contributed by atoms with Crippen LogP contribution in [0.3, 0.4) is 0 Å². The molecule has 0 aliphatic carbocycles. The predicted octanol–water partition coefficient (Wildman–Crippen LogP) is -2.57. The minimum atomic E-state index is -1.70. The molecule has 2 aromatic carbocycles. The van der Waals surface area contributed by atoms with E-state index < -0.39 is 194 Å². The van der Waals surface area contributed by atoms with Crippen LogP contribution in [0.4, 0.5) is 0 Å². The minimum Gasteiger partial charge on any atom is -0.508 e.